The Morgan fingerprint density at radius 2 is 2.00 bits per heavy atom. The molecule has 3 rings (SSSR count). The molecule has 1 amide bonds. The van der Waals surface area contributed by atoms with Crippen LogP contribution in [0.2, 0.25) is 0 Å². The highest BCUT2D eigenvalue weighted by Crippen LogP contribution is 2.23. The van der Waals surface area contributed by atoms with E-state index in [0.29, 0.717) is 12.0 Å². The number of nitrogens with one attached hydrogen (secondary N) is 3. The van der Waals surface area contributed by atoms with Crippen molar-refractivity contribution in [3.05, 3.63) is 59.9 Å². The van der Waals surface area contributed by atoms with E-state index in [2.05, 4.69) is 16.2 Å². The molecule has 0 aliphatic carbocycles. The van der Waals surface area contributed by atoms with Gasteiger partial charge in [-0.15, -0.1) is 0 Å². The molecule has 6 nitrogen and oxygen atoms in total. The molecular weight excluding hydrogens is 337 g/mol. The van der Waals surface area contributed by atoms with E-state index in [9.17, 15) is 14.3 Å². The van der Waals surface area contributed by atoms with Gasteiger partial charge in [0.15, 0.2) is 11.6 Å². The van der Waals surface area contributed by atoms with Crippen molar-refractivity contribution in [3.63, 3.8) is 0 Å². The summed E-state index contributed by atoms with van der Waals surface area (Å²) in [6, 6.07) is 12.2. The zero-order valence-electron chi connectivity index (χ0n) is 14.4. The third kappa shape index (κ3) is 4.30. The number of carbonyl (C=O) groups is 1. The van der Waals surface area contributed by atoms with E-state index in [1.54, 1.807) is 36.4 Å². The smallest absolute Gasteiger partial charge is 0.239 e. The number of hydrogen-bond donors (Lipinski definition) is 4. The molecule has 1 aliphatic heterocycles. The molecule has 1 fully saturated rings. The van der Waals surface area contributed by atoms with Gasteiger partial charge in [0.05, 0.1) is 12.1 Å². The minimum Gasteiger partial charge on any atom is -0.508 e. The Bertz CT molecular complexity index is 771. The molecule has 2 aromatic carbocycles. The van der Waals surface area contributed by atoms with Crippen LogP contribution in [0.5, 0.6) is 11.5 Å². The topological polar surface area (TPSA) is 82.6 Å². The Balaban J connectivity index is 1.49. The second-order valence-corrected chi connectivity index (χ2v) is 6.30. The maximum absolute atomic E-state index is 13.6. The fraction of sp³-hybridized carbons (Fsp3) is 0.316. The number of para-hydroxylation sites is 2. The summed E-state index contributed by atoms with van der Waals surface area (Å²) in [6.45, 7) is 2.06. The number of phenolic OH excluding ortho intramolecular Hbond substituents is 1. The number of benzene rings is 2. The first-order valence-corrected chi connectivity index (χ1v) is 8.51. The highest BCUT2D eigenvalue weighted by molar-refractivity contribution is 5.82. The summed E-state index contributed by atoms with van der Waals surface area (Å²) in [6.07, 6.45) is 0.508. The summed E-state index contributed by atoms with van der Waals surface area (Å²) in [5.41, 5.74) is 6.58. The van der Waals surface area contributed by atoms with E-state index in [-0.39, 0.29) is 36.1 Å². The molecule has 1 aliphatic rings. The van der Waals surface area contributed by atoms with Crippen LogP contribution in [0.25, 0.3) is 0 Å². The van der Waals surface area contributed by atoms with Crippen molar-refractivity contribution < 1.29 is 19.0 Å². The van der Waals surface area contributed by atoms with Crippen molar-refractivity contribution in [1.82, 2.24) is 16.2 Å². The Hall–Kier alpha value is -2.64. The van der Waals surface area contributed by atoms with Crippen molar-refractivity contribution in [2.24, 2.45) is 0 Å². The van der Waals surface area contributed by atoms with Crippen molar-refractivity contribution in [1.29, 1.82) is 0 Å². The summed E-state index contributed by atoms with van der Waals surface area (Å²) >= 11 is 0. The molecule has 0 radical (unpaired) electrons. The molecule has 0 bridgehead atoms. The minimum absolute atomic E-state index is 0.120. The van der Waals surface area contributed by atoms with Crippen molar-refractivity contribution in [2.75, 3.05) is 6.61 Å². The van der Waals surface area contributed by atoms with Gasteiger partial charge >= 0.3 is 0 Å². The number of hydrogen-bond acceptors (Lipinski definition) is 5. The largest absolute Gasteiger partial charge is 0.508 e. The van der Waals surface area contributed by atoms with Gasteiger partial charge in [-0.05, 0) is 31.5 Å². The summed E-state index contributed by atoms with van der Waals surface area (Å²) in [5.74, 6) is -0.254. The van der Waals surface area contributed by atoms with Gasteiger partial charge in [0.25, 0.3) is 0 Å². The lowest BCUT2D eigenvalue weighted by Crippen LogP contribution is -2.44. The Kier molecular flexibility index (Phi) is 5.70. The first-order valence-electron chi connectivity index (χ1n) is 8.51. The predicted octanol–water partition coefficient (Wildman–Crippen LogP) is 2.02. The maximum atomic E-state index is 13.6. The molecule has 7 heteroatoms. The number of amides is 1. The van der Waals surface area contributed by atoms with E-state index in [4.69, 9.17) is 4.74 Å². The standard InChI is InChI=1S/C19H22FN3O3/c1-12(14-6-2-4-8-17(14)24)21-19(25)16-10-13(22-23-16)11-26-18-9-5-3-7-15(18)20/h2-9,12-13,16,22-24H,10-11H2,1H3,(H,21,25). The van der Waals surface area contributed by atoms with Crippen molar-refractivity contribution >= 4 is 5.91 Å². The summed E-state index contributed by atoms with van der Waals surface area (Å²) < 4.78 is 19.0. The van der Waals surface area contributed by atoms with E-state index in [1.165, 1.54) is 6.07 Å². The highest BCUT2D eigenvalue weighted by atomic mass is 19.1. The SMILES string of the molecule is CC(NC(=O)C1CC(COc2ccccc2F)NN1)c1ccccc1O. The van der Waals surface area contributed by atoms with E-state index in [1.807, 2.05) is 13.0 Å². The molecule has 0 saturated carbocycles. The fourth-order valence-electron chi connectivity index (χ4n) is 2.90. The Morgan fingerprint density at radius 1 is 1.27 bits per heavy atom. The van der Waals surface area contributed by atoms with Gasteiger partial charge in [-0.1, -0.05) is 30.3 Å². The van der Waals surface area contributed by atoms with Gasteiger partial charge in [0.1, 0.15) is 18.4 Å². The van der Waals surface area contributed by atoms with Crippen molar-refractivity contribution in [3.8, 4) is 11.5 Å². The zero-order chi connectivity index (χ0) is 18.5. The summed E-state index contributed by atoms with van der Waals surface area (Å²) in [7, 11) is 0. The summed E-state index contributed by atoms with van der Waals surface area (Å²) in [5, 5.41) is 12.8. The Morgan fingerprint density at radius 3 is 2.77 bits per heavy atom. The van der Waals surface area contributed by atoms with Gasteiger partial charge in [-0.3, -0.25) is 10.2 Å². The van der Waals surface area contributed by atoms with E-state index < -0.39 is 11.9 Å². The van der Waals surface area contributed by atoms with Crippen LogP contribution >= 0.6 is 0 Å². The molecule has 26 heavy (non-hydrogen) atoms. The molecule has 3 atom stereocenters. The molecule has 2 aromatic rings. The van der Waals surface area contributed by atoms with Crippen LogP contribution in [0.3, 0.4) is 0 Å². The number of phenols is 1. The predicted molar refractivity (Wildman–Crippen MR) is 95.0 cm³/mol. The minimum atomic E-state index is -0.433. The number of rotatable bonds is 6. The lowest BCUT2D eigenvalue weighted by molar-refractivity contribution is -0.123. The van der Waals surface area contributed by atoms with E-state index >= 15 is 0 Å². The molecule has 0 spiro atoms. The lowest BCUT2D eigenvalue weighted by Gasteiger charge is -2.18. The van der Waals surface area contributed by atoms with Crippen LogP contribution in [-0.2, 0) is 4.79 Å². The van der Waals surface area contributed by atoms with Crippen LogP contribution in [0.1, 0.15) is 24.9 Å². The third-order valence-electron chi connectivity index (χ3n) is 4.34. The van der Waals surface area contributed by atoms with Crippen LogP contribution in [0.4, 0.5) is 4.39 Å². The average Bonchev–Trinajstić information content (AvgIpc) is 3.10. The second kappa shape index (κ2) is 8.16. The molecule has 0 aromatic heterocycles. The normalized spacial score (nSPS) is 20.5. The van der Waals surface area contributed by atoms with Gasteiger partial charge in [-0.2, -0.15) is 0 Å². The third-order valence-corrected chi connectivity index (χ3v) is 4.34. The molecule has 3 unspecified atom stereocenters. The fourth-order valence-corrected chi connectivity index (χ4v) is 2.90. The van der Waals surface area contributed by atoms with Gasteiger partial charge in [0, 0.05) is 5.56 Å². The molecule has 1 heterocycles. The first-order chi connectivity index (χ1) is 12.5. The average molecular weight is 359 g/mol. The van der Waals surface area contributed by atoms with Crippen LogP contribution in [0, 0.1) is 5.82 Å². The molecule has 4 N–H and O–H groups in total. The monoisotopic (exact) mass is 359 g/mol. The molecule has 1 saturated heterocycles. The van der Waals surface area contributed by atoms with Gasteiger partial charge < -0.3 is 15.2 Å². The van der Waals surface area contributed by atoms with Crippen LogP contribution < -0.4 is 20.9 Å². The Labute approximate surface area is 151 Å². The van der Waals surface area contributed by atoms with E-state index in [0.717, 1.165) is 0 Å². The van der Waals surface area contributed by atoms with Crippen LogP contribution in [-0.4, -0.2) is 29.7 Å². The van der Waals surface area contributed by atoms with Crippen LogP contribution in [0.15, 0.2) is 48.5 Å². The highest BCUT2D eigenvalue weighted by Gasteiger charge is 2.30. The molecular formula is C19H22FN3O3. The second-order valence-electron chi connectivity index (χ2n) is 6.30. The number of carbonyl (C=O) groups excluding carboxylic acids is 1. The number of halogens is 1. The first kappa shape index (κ1) is 18.2. The quantitative estimate of drug-likeness (QED) is 0.634. The molecule has 138 valence electrons. The zero-order valence-corrected chi connectivity index (χ0v) is 14.4. The maximum Gasteiger partial charge on any atom is 0.239 e. The van der Waals surface area contributed by atoms with Crippen molar-refractivity contribution in [2.45, 2.75) is 31.5 Å². The van der Waals surface area contributed by atoms with Gasteiger partial charge in [0.2, 0.25) is 5.91 Å². The number of ether oxygens (including phenoxy) is 1. The van der Waals surface area contributed by atoms with Gasteiger partial charge in [-0.25, -0.2) is 9.82 Å². The number of aromatic hydroxyl groups is 1. The number of hydrazine groups is 1. The summed E-state index contributed by atoms with van der Waals surface area (Å²) in [4.78, 5) is 12.4. The lowest BCUT2D eigenvalue weighted by atomic mass is 10.1.